The van der Waals surface area contributed by atoms with E-state index in [0.29, 0.717) is 42.2 Å². The Morgan fingerprint density at radius 2 is 1.39 bits per heavy atom. The minimum absolute atomic E-state index is 0.180. The van der Waals surface area contributed by atoms with E-state index in [9.17, 15) is 18.0 Å². The maximum absolute atomic E-state index is 13.2. The fourth-order valence-corrected chi connectivity index (χ4v) is 6.17. The van der Waals surface area contributed by atoms with Gasteiger partial charge in [0.2, 0.25) is 10.0 Å². The molecule has 3 aliphatic rings. The lowest BCUT2D eigenvalue weighted by molar-refractivity contribution is 0.0500. The van der Waals surface area contributed by atoms with Gasteiger partial charge in [-0.25, -0.2) is 8.42 Å². The molecule has 2 aliphatic heterocycles. The van der Waals surface area contributed by atoms with E-state index in [1.807, 2.05) is 17.0 Å². The van der Waals surface area contributed by atoms with Crippen molar-refractivity contribution in [1.82, 2.24) is 14.1 Å². The summed E-state index contributed by atoms with van der Waals surface area (Å²) in [7, 11) is -3.55. The van der Waals surface area contributed by atoms with Crippen LogP contribution in [0.25, 0.3) is 0 Å². The lowest BCUT2D eigenvalue weighted by Crippen LogP contribution is -2.52. The zero-order valence-corrected chi connectivity index (χ0v) is 18.1. The number of nitrogens with zero attached hydrogens (tertiary/aromatic N) is 3. The standard InChI is InChI=1S/C23H25N3O4S/c27-22-20-7-3-4-8-21(20)23(28)26(22)16-24-11-13-25(14-12-24)31(29,30)19-10-9-17-5-1-2-6-18(17)15-19/h3-4,7-10,15H,1-2,5-6,11-14,16H2. The maximum Gasteiger partial charge on any atom is 0.262 e. The number of aryl methyl sites for hydroxylation is 2. The summed E-state index contributed by atoms with van der Waals surface area (Å²) in [5.74, 6) is -0.575. The van der Waals surface area contributed by atoms with E-state index in [1.165, 1.54) is 14.8 Å². The highest BCUT2D eigenvalue weighted by molar-refractivity contribution is 7.89. The summed E-state index contributed by atoms with van der Waals surface area (Å²) in [5.41, 5.74) is 3.27. The first-order valence-electron chi connectivity index (χ1n) is 10.7. The lowest BCUT2D eigenvalue weighted by atomic mass is 9.92. The molecule has 0 bridgehead atoms. The van der Waals surface area contributed by atoms with Crippen LogP contribution in [-0.4, -0.2) is 67.2 Å². The monoisotopic (exact) mass is 439 g/mol. The molecule has 0 spiro atoms. The number of piperazine rings is 1. The van der Waals surface area contributed by atoms with E-state index in [1.54, 1.807) is 30.3 Å². The number of sulfonamides is 1. The Labute approximate surface area is 182 Å². The van der Waals surface area contributed by atoms with Gasteiger partial charge in [0.1, 0.15) is 0 Å². The normalized spacial score (nSPS) is 20.1. The average Bonchev–Trinajstić information content (AvgIpc) is 3.04. The summed E-state index contributed by atoms with van der Waals surface area (Å²) in [6.45, 7) is 1.79. The Hall–Kier alpha value is -2.55. The summed E-state index contributed by atoms with van der Waals surface area (Å²) in [5, 5.41) is 0. The van der Waals surface area contributed by atoms with Crippen LogP contribution in [0.3, 0.4) is 0 Å². The van der Waals surface area contributed by atoms with Crippen LogP contribution in [0.1, 0.15) is 44.7 Å². The number of fused-ring (bicyclic) bond motifs is 2. The van der Waals surface area contributed by atoms with Gasteiger partial charge < -0.3 is 0 Å². The van der Waals surface area contributed by atoms with Gasteiger partial charge >= 0.3 is 0 Å². The number of hydrogen-bond acceptors (Lipinski definition) is 5. The molecule has 5 rings (SSSR count). The zero-order valence-electron chi connectivity index (χ0n) is 17.3. The third-order valence-electron chi connectivity index (χ3n) is 6.51. The van der Waals surface area contributed by atoms with Gasteiger partial charge in [-0.2, -0.15) is 4.31 Å². The first-order valence-corrected chi connectivity index (χ1v) is 12.2. The van der Waals surface area contributed by atoms with Crippen molar-refractivity contribution in [3.8, 4) is 0 Å². The molecule has 0 saturated carbocycles. The third kappa shape index (κ3) is 3.58. The highest BCUT2D eigenvalue weighted by Gasteiger charge is 2.37. The fraction of sp³-hybridized carbons (Fsp3) is 0.391. The number of amides is 2. The molecule has 1 aliphatic carbocycles. The van der Waals surface area contributed by atoms with Crippen LogP contribution >= 0.6 is 0 Å². The number of imide groups is 1. The van der Waals surface area contributed by atoms with E-state index < -0.39 is 10.0 Å². The highest BCUT2D eigenvalue weighted by atomic mass is 32.2. The van der Waals surface area contributed by atoms with Gasteiger partial charge in [0.15, 0.2) is 0 Å². The highest BCUT2D eigenvalue weighted by Crippen LogP contribution is 2.27. The smallest absolute Gasteiger partial charge is 0.262 e. The van der Waals surface area contributed by atoms with Crippen molar-refractivity contribution in [3.63, 3.8) is 0 Å². The molecule has 2 aromatic rings. The first kappa shape index (κ1) is 20.4. The van der Waals surface area contributed by atoms with E-state index in [-0.39, 0.29) is 18.5 Å². The minimum Gasteiger partial charge on any atom is -0.283 e. The number of benzene rings is 2. The van der Waals surface area contributed by atoms with Gasteiger partial charge in [-0.3, -0.25) is 19.4 Å². The molecule has 0 atom stereocenters. The predicted octanol–water partition coefficient (Wildman–Crippen LogP) is 2.13. The van der Waals surface area contributed by atoms with Crippen LogP contribution in [0.15, 0.2) is 47.4 Å². The molecule has 2 amide bonds. The van der Waals surface area contributed by atoms with Gasteiger partial charge in [-0.1, -0.05) is 18.2 Å². The molecule has 1 saturated heterocycles. The number of rotatable bonds is 4. The van der Waals surface area contributed by atoms with Crippen molar-refractivity contribution in [2.45, 2.75) is 30.6 Å². The Bertz CT molecular complexity index is 1120. The van der Waals surface area contributed by atoms with Crippen molar-refractivity contribution in [2.75, 3.05) is 32.8 Å². The second-order valence-electron chi connectivity index (χ2n) is 8.39. The van der Waals surface area contributed by atoms with Crippen LogP contribution in [0.4, 0.5) is 0 Å². The van der Waals surface area contributed by atoms with E-state index in [2.05, 4.69) is 0 Å². The first-order chi connectivity index (χ1) is 14.9. The molecule has 2 aromatic carbocycles. The number of carbonyl (C=O) groups excluding carboxylic acids is 2. The third-order valence-corrected chi connectivity index (χ3v) is 8.40. The van der Waals surface area contributed by atoms with E-state index >= 15 is 0 Å². The van der Waals surface area contributed by atoms with Crippen molar-refractivity contribution in [1.29, 1.82) is 0 Å². The largest absolute Gasteiger partial charge is 0.283 e. The molecule has 8 heteroatoms. The van der Waals surface area contributed by atoms with Crippen LogP contribution < -0.4 is 0 Å². The summed E-state index contributed by atoms with van der Waals surface area (Å²) >= 11 is 0. The molecule has 1 fully saturated rings. The van der Waals surface area contributed by atoms with Crippen LogP contribution in [0, 0.1) is 0 Å². The zero-order chi connectivity index (χ0) is 21.6. The van der Waals surface area contributed by atoms with Crippen LogP contribution in [-0.2, 0) is 22.9 Å². The SMILES string of the molecule is O=C1c2ccccc2C(=O)N1CN1CCN(S(=O)(=O)c2ccc3c(c2)CCCC3)CC1. The molecule has 0 radical (unpaired) electrons. The van der Waals surface area contributed by atoms with Crippen molar-refractivity contribution in [3.05, 3.63) is 64.7 Å². The fourth-order valence-electron chi connectivity index (χ4n) is 4.70. The van der Waals surface area contributed by atoms with Crippen molar-refractivity contribution >= 4 is 21.8 Å². The Morgan fingerprint density at radius 3 is 2.03 bits per heavy atom. The Balaban J connectivity index is 1.25. The summed E-state index contributed by atoms with van der Waals surface area (Å²) in [6.07, 6.45) is 4.22. The number of carbonyl (C=O) groups is 2. The van der Waals surface area contributed by atoms with Gasteiger partial charge in [-0.05, 0) is 61.1 Å². The number of hydrogen-bond donors (Lipinski definition) is 0. The van der Waals surface area contributed by atoms with Gasteiger partial charge in [0.05, 0.1) is 22.7 Å². The van der Waals surface area contributed by atoms with E-state index in [0.717, 1.165) is 31.2 Å². The summed E-state index contributed by atoms with van der Waals surface area (Å²) < 4.78 is 27.8. The lowest BCUT2D eigenvalue weighted by Gasteiger charge is -2.35. The Kier molecular flexibility index (Phi) is 5.16. The molecular formula is C23H25N3O4S. The molecule has 0 aromatic heterocycles. The topological polar surface area (TPSA) is 78.0 Å². The van der Waals surface area contributed by atoms with Crippen LogP contribution in [0.5, 0.6) is 0 Å². The van der Waals surface area contributed by atoms with Gasteiger partial charge in [0, 0.05) is 26.2 Å². The summed E-state index contributed by atoms with van der Waals surface area (Å²) in [6, 6.07) is 12.4. The molecule has 0 unspecified atom stereocenters. The Morgan fingerprint density at radius 1 is 0.774 bits per heavy atom. The van der Waals surface area contributed by atoms with Gasteiger partial charge in [0.25, 0.3) is 11.8 Å². The molecule has 31 heavy (non-hydrogen) atoms. The minimum atomic E-state index is -3.55. The summed E-state index contributed by atoms with van der Waals surface area (Å²) in [4.78, 5) is 28.7. The van der Waals surface area contributed by atoms with Crippen molar-refractivity contribution < 1.29 is 18.0 Å². The van der Waals surface area contributed by atoms with Crippen molar-refractivity contribution in [2.24, 2.45) is 0 Å². The molecule has 0 N–H and O–H groups in total. The average molecular weight is 440 g/mol. The second kappa shape index (κ2) is 7.85. The molecule has 162 valence electrons. The predicted molar refractivity (Wildman–Crippen MR) is 115 cm³/mol. The van der Waals surface area contributed by atoms with Crippen LogP contribution in [0.2, 0.25) is 0 Å². The van der Waals surface area contributed by atoms with Gasteiger partial charge in [-0.15, -0.1) is 0 Å². The van der Waals surface area contributed by atoms with E-state index in [4.69, 9.17) is 0 Å². The second-order valence-corrected chi connectivity index (χ2v) is 10.3. The molecular weight excluding hydrogens is 414 g/mol. The maximum atomic E-state index is 13.2. The molecule has 2 heterocycles. The molecule has 7 nitrogen and oxygen atoms in total. The quantitative estimate of drug-likeness (QED) is 0.682.